The van der Waals surface area contributed by atoms with E-state index in [1.54, 1.807) is 7.11 Å². The Labute approximate surface area is 96.6 Å². The van der Waals surface area contributed by atoms with Crippen LogP contribution in [-0.2, 0) is 4.79 Å². The van der Waals surface area contributed by atoms with Gasteiger partial charge in [0.25, 0.3) is 0 Å². The molecule has 1 fully saturated rings. The first kappa shape index (κ1) is 11.2. The van der Waals surface area contributed by atoms with Gasteiger partial charge in [0.2, 0.25) is 0 Å². The molecule has 16 heavy (non-hydrogen) atoms. The summed E-state index contributed by atoms with van der Waals surface area (Å²) in [6.45, 7) is 4.14. The van der Waals surface area contributed by atoms with Crippen molar-refractivity contribution >= 4 is 6.29 Å². The van der Waals surface area contributed by atoms with Gasteiger partial charge in [0, 0.05) is 11.5 Å². The third-order valence-electron chi connectivity index (χ3n) is 3.48. The van der Waals surface area contributed by atoms with Crippen LogP contribution in [0.2, 0.25) is 0 Å². The van der Waals surface area contributed by atoms with E-state index >= 15 is 0 Å². The summed E-state index contributed by atoms with van der Waals surface area (Å²) in [7, 11) is 1.67. The summed E-state index contributed by atoms with van der Waals surface area (Å²) in [6.07, 6.45) is 3.41. The molecule has 0 radical (unpaired) electrons. The summed E-state index contributed by atoms with van der Waals surface area (Å²) < 4.78 is 5.38. The van der Waals surface area contributed by atoms with E-state index < -0.39 is 0 Å². The Morgan fingerprint density at radius 1 is 1.31 bits per heavy atom. The molecule has 1 aliphatic rings. The molecule has 1 aromatic carbocycles. The highest BCUT2D eigenvalue weighted by atomic mass is 16.5. The summed E-state index contributed by atoms with van der Waals surface area (Å²) in [5.41, 5.74) is 3.49. The molecule has 1 atom stereocenters. The number of aldehydes is 1. The van der Waals surface area contributed by atoms with Crippen LogP contribution in [0.4, 0.5) is 0 Å². The number of rotatable bonds is 4. The number of methoxy groups -OCH3 is 1. The van der Waals surface area contributed by atoms with Crippen LogP contribution in [0.5, 0.6) is 5.75 Å². The van der Waals surface area contributed by atoms with Gasteiger partial charge in [-0.2, -0.15) is 0 Å². The Balaban J connectivity index is 2.44. The van der Waals surface area contributed by atoms with E-state index in [0.717, 1.165) is 17.6 Å². The van der Waals surface area contributed by atoms with Crippen LogP contribution in [0.3, 0.4) is 0 Å². The number of hydrogen-bond acceptors (Lipinski definition) is 2. The van der Waals surface area contributed by atoms with Gasteiger partial charge in [0.05, 0.1) is 7.11 Å². The summed E-state index contributed by atoms with van der Waals surface area (Å²) in [6, 6.07) is 4.13. The average Bonchev–Trinajstić information content (AvgIpc) is 3.08. The van der Waals surface area contributed by atoms with Gasteiger partial charge in [-0.05, 0) is 49.8 Å². The van der Waals surface area contributed by atoms with E-state index in [-0.39, 0.29) is 5.92 Å². The highest BCUT2D eigenvalue weighted by Gasteiger charge is 2.33. The summed E-state index contributed by atoms with van der Waals surface area (Å²) in [5.74, 6) is 1.41. The maximum Gasteiger partial charge on any atom is 0.127 e. The van der Waals surface area contributed by atoms with Crippen LogP contribution in [-0.4, -0.2) is 13.4 Å². The van der Waals surface area contributed by atoms with Gasteiger partial charge in [-0.1, -0.05) is 6.07 Å². The van der Waals surface area contributed by atoms with E-state index in [2.05, 4.69) is 19.9 Å². The van der Waals surface area contributed by atoms with Gasteiger partial charge in [0.1, 0.15) is 12.0 Å². The van der Waals surface area contributed by atoms with Gasteiger partial charge in [-0.15, -0.1) is 0 Å². The minimum absolute atomic E-state index is 0.0225. The standard InChI is InChI=1S/C14H18O2/c1-9-6-12(13(8-15)11-4-5-11)14(16-3)7-10(9)2/h6-8,11,13H,4-5H2,1-3H3. The van der Waals surface area contributed by atoms with E-state index in [9.17, 15) is 4.79 Å². The van der Waals surface area contributed by atoms with Crippen LogP contribution in [0.25, 0.3) is 0 Å². The molecular weight excluding hydrogens is 200 g/mol. The fourth-order valence-electron chi connectivity index (χ4n) is 2.14. The van der Waals surface area contributed by atoms with Crippen LogP contribution < -0.4 is 4.74 Å². The molecule has 0 heterocycles. The number of hydrogen-bond donors (Lipinski definition) is 0. The zero-order valence-electron chi connectivity index (χ0n) is 10.1. The van der Waals surface area contributed by atoms with Crippen LogP contribution in [0, 0.1) is 19.8 Å². The van der Waals surface area contributed by atoms with E-state index in [0.29, 0.717) is 5.92 Å². The fraction of sp³-hybridized carbons (Fsp3) is 0.500. The van der Waals surface area contributed by atoms with Crippen LogP contribution in [0.15, 0.2) is 12.1 Å². The third kappa shape index (κ3) is 1.97. The van der Waals surface area contributed by atoms with Crippen molar-refractivity contribution in [1.82, 2.24) is 0 Å². The monoisotopic (exact) mass is 218 g/mol. The molecule has 1 aromatic rings. The predicted octanol–water partition coefficient (Wildman–Crippen LogP) is 3.00. The van der Waals surface area contributed by atoms with E-state index in [1.165, 1.54) is 24.0 Å². The third-order valence-corrected chi connectivity index (χ3v) is 3.48. The molecule has 1 unspecified atom stereocenters. The smallest absolute Gasteiger partial charge is 0.127 e. The van der Waals surface area contributed by atoms with Crippen molar-refractivity contribution in [3.05, 3.63) is 28.8 Å². The van der Waals surface area contributed by atoms with Crippen LogP contribution in [0.1, 0.15) is 35.4 Å². The predicted molar refractivity (Wildman–Crippen MR) is 64.0 cm³/mol. The number of benzene rings is 1. The first-order valence-electron chi connectivity index (χ1n) is 5.77. The van der Waals surface area contributed by atoms with Gasteiger partial charge in [0.15, 0.2) is 0 Å². The molecule has 86 valence electrons. The van der Waals surface area contributed by atoms with Crippen LogP contribution >= 0.6 is 0 Å². The van der Waals surface area contributed by atoms with Crippen molar-refractivity contribution in [2.45, 2.75) is 32.6 Å². The molecule has 2 nitrogen and oxygen atoms in total. The normalized spacial score (nSPS) is 16.9. The van der Waals surface area contributed by atoms with Crippen molar-refractivity contribution in [3.8, 4) is 5.75 Å². The van der Waals surface area contributed by atoms with Crippen molar-refractivity contribution in [1.29, 1.82) is 0 Å². The van der Waals surface area contributed by atoms with Gasteiger partial charge in [-0.3, -0.25) is 0 Å². The topological polar surface area (TPSA) is 26.3 Å². The molecule has 1 saturated carbocycles. The first-order chi connectivity index (χ1) is 7.67. The first-order valence-corrected chi connectivity index (χ1v) is 5.77. The molecule has 0 saturated heterocycles. The minimum atomic E-state index is 0.0225. The molecule has 0 spiro atoms. The second-order valence-corrected chi connectivity index (χ2v) is 4.68. The lowest BCUT2D eigenvalue weighted by Gasteiger charge is -2.16. The summed E-state index contributed by atoms with van der Waals surface area (Å²) >= 11 is 0. The zero-order valence-corrected chi connectivity index (χ0v) is 10.1. The average molecular weight is 218 g/mol. The number of carbonyl (C=O) groups is 1. The largest absolute Gasteiger partial charge is 0.496 e. The number of aryl methyl sites for hydroxylation is 2. The molecule has 0 amide bonds. The lowest BCUT2D eigenvalue weighted by atomic mass is 9.92. The lowest BCUT2D eigenvalue weighted by Crippen LogP contribution is -2.06. The maximum absolute atomic E-state index is 11.2. The molecule has 0 aliphatic heterocycles. The Morgan fingerprint density at radius 2 is 1.94 bits per heavy atom. The van der Waals surface area contributed by atoms with Gasteiger partial charge < -0.3 is 9.53 Å². The molecule has 0 N–H and O–H groups in total. The summed E-state index contributed by atoms with van der Waals surface area (Å²) in [4.78, 5) is 11.2. The Hall–Kier alpha value is -1.31. The van der Waals surface area contributed by atoms with E-state index in [4.69, 9.17) is 4.74 Å². The Morgan fingerprint density at radius 3 is 2.44 bits per heavy atom. The molecule has 1 aliphatic carbocycles. The molecule has 2 heteroatoms. The maximum atomic E-state index is 11.2. The quantitative estimate of drug-likeness (QED) is 0.726. The highest BCUT2D eigenvalue weighted by molar-refractivity contribution is 5.66. The Kier molecular flexibility index (Phi) is 2.99. The fourth-order valence-corrected chi connectivity index (χ4v) is 2.14. The second-order valence-electron chi connectivity index (χ2n) is 4.68. The van der Waals surface area contributed by atoms with Crippen molar-refractivity contribution < 1.29 is 9.53 Å². The molecular formula is C14H18O2. The van der Waals surface area contributed by atoms with Gasteiger partial charge in [-0.25, -0.2) is 0 Å². The van der Waals surface area contributed by atoms with Crippen molar-refractivity contribution in [2.75, 3.05) is 7.11 Å². The van der Waals surface area contributed by atoms with Crippen molar-refractivity contribution in [2.24, 2.45) is 5.92 Å². The second kappa shape index (κ2) is 4.28. The van der Waals surface area contributed by atoms with Gasteiger partial charge >= 0.3 is 0 Å². The SMILES string of the molecule is COc1cc(C)c(C)cc1C(C=O)C1CC1. The minimum Gasteiger partial charge on any atom is -0.496 e. The lowest BCUT2D eigenvalue weighted by molar-refractivity contribution is -0.109. The summed E-state index contributed by atoms with van der Waals surface area (Å²) in [5, 5.41) is 0. The number of ether oxygens (including phenoxy) is 1. The molecule has 2 rings (SSSR count). The highest BCUT2D eigenvalue weighted by Crippen LogP contribution is 2.44. The molecule has 0 aromatic heterocycles. The molecule has 0 bridgehead atoms. The Bertz CT molecular complexity index is 405. The van der Waals surface area contributed by atoms with Crippen molar-refractivity contribution in [3.63, 3.8) is 0 Å². The zero-order chi connectivity index (χ0) is 11.7. The number of carbonyl (C=O) groups excluding carboxylic acids is 1. The van der Waals surface area contributed by atoms with E-state index in [1.807, 2.05) is 6.07 Å².